The molecular weight excluding hydrogens is 374 g/mol. The smallest absolute Gasteiger partial charge is 0.322 e. The van der Waals surface area contributed by atoms with E-state index in [0.717, 1.165) is 5.56 Å². The number of hydrogen-bond acceptors (Lipinski definition) is 6. The first kappa shape index (κ1) is 19.7. The first-order valence-electron chi connectivity index (χ1n) is 8.70. The van der Waals surface area contributed by atoms with E-state index in [1.165, 1.54) is 13.3 Å². The summed E-state index contributed by atoms with van der Waals surface area (Å²) in [5.41, 5.74) is 7.57. The number of carbonyl (C=O) groups excluding carboxylic acids is 3. The Balaban J connectivity index is 1.78. The molecule has 0 radical (unpaired) electrons. The second-order valence-corrected chi connectivity index (χ2v) is 6.24. The van der Waals surface area contributed by atoms with Crippen molar-refractivity contribution in [2.45, 2.75) is 12.6 Å². The molecule has 2 heterocycles. The van der Waals surface area contributed by atoms with E-state index in [1.54, 1.807) is 29.2 Å². The van der Waals surface area contributed by atoms with Crippen LogP contribution in [0.15, 0.2) is 36.5 Å². The Kier molecular flexibility index (Phi) is 5.94. The number of carbonyl (C=O) groups is 3. The second-order valence-electron chi connectivity index (χ2n) is 6.24. The standard InChI is InChI=1S/C20H19N5O4/c1-29-16-6-4-14-10-25(19(27)17(14)8-16)11-15(24-20(28)23-12-26)5-2-13-3-7-18(21)22-9-13/h3-4,6-9,12,15H,10-11H2,1H3,(H2,21,22)(H2,23,24,26,28)/t15-/m1/s1. The number of nitrogens with zero attached hydrogens (tertiary/aromatic N) is 2. The first-order chi connectivity index (χ1) is 14.0. The van der Waals surface area contributed by atoms with Crippen molar-refractivity contribution >= 4 is 24.2 Å². The number of methoxy groups -OCH3 is 1. The van der Waals surface area contributed by atoms with Crippen LogP contribution in [0, 0.1) is 11.8 Å². The number of ether oxygens (including phenoxy) is 1. The van der Waals surface area contributed by atoms with E-state index in [9.17, 15) is 14.4 Å². The predicted octanol–water partition coefficient (Wildman–Crippen LogP) is 0.504. The summed E-state index contributed by atoms with van der Waals surface area (Å²) in [5, 5.41) is 4.58. The van der Waals surface area contributed by atoms with Gasteiger partial charge in [0.05, 0.1) is 13.7 Å². The summed E-state index contributed by atoms with van der Waals surface area (Å²) >= 11 is 0. The van der Waals surface area contributed by atoms with Gasteiger partial charge in [-0.05, 0) is 29.8 Å². The largest absolute Gasteiger partial charge is 0.497 e. The van der Waals surface area contributed by atoms with Crippen molar-refractivity contribution in [3.63, 3.8) is 0 Å². The monoisotopic (exact) mass is 393 g/mol. The molecule has 1 aromatic carbocycles. The first-order valence-corrected chi connectivity index (χ1v) is 8.70. The highest BCUT2D eigenvalue weighted by Crippen LogP contribution is 2.26. The molecule has 0 saturated heterocycles. The highest BCUT2D eigenvalue weighted by Gasteiger charge is 2.29. The number of anilines is 1. The molecule has 0 bridgehead atoms. The van der Waals surface area contributed by atoms with Crippen LogP contribution in [-0.4, -0.2) is 47.9 Å². The van der Waals surface area contributed by atoms with Crippen LogP contribution in [0.2, 0.25) is 0 Å². The number of pyridine rings is 1. The summed E-state index contributed by atoms with van der Waals surface area (Å²) in [6.07, 6.45) is 1.78. The van der Waals surface area contributed by atoms with E-state index < -0.39 is 12.1 Å². The van der Waals surface area contributed by atoms with Gasteiger partial charge in [0, 0.05) is 23.9 Å². The number of hydrogen-bond donors (Lipinski definition) is 3. The number of benzene rings is 1. The molecule has 9 heteroatoms. The van der Waals surface area contributed by atoms with Crippen molar-refractivity contribution in [2.24, 2.45) is 0 Å². The van der Waals surface area contributed by atoms with Crippen LogP contribution in [0.3, 0.4) is 0 Å². The summed E-state index contributed by atoms with van der Waals surface area (Å²) in [7, 11) is 1.53. The van der Waals surface area contributed by atoms with Crippen LogP contribution in [-0.2, 0) is 11.3 Å². The Morgan fingerprint density at radius 1 is 1.41 bits per heavy atom. The fourth-order valence-corrected chi connectivity index (χ4v) is 2.87. The molecule has 9 nitrogen and oxygen atoms in total. The average Bonchev–Trinajstić information content (AvgIpc) is 3.02. The van der Waals surface area contributed by atoms with Gasteiger partial charge in [-0.2, -0.15) is 0 Å². The molecule has 148 valence electrons. The number of fused-ring (bicyclic) bond motifs is 1. The summed E-state index contributed by atoms with van der Waals surface area (Å²) in [4.78, 5) is 40.6. The Morgan fingerprint density at radius 2 is 2.24 bits per heavy atom. The van der Waals surface area contributed by atoms with E-state index in [-0.39, 0.29) is 18.9 Å². The van der Waals surface area contributed by atoms with Gasteiger partial charge >= 0.3 is 6.03 Å². The quantitative estimate of drug-likeness (QED) is 0.502. The number of amides is 4. The lowest BCUT2D eigenvalue weighted by Gasteiger charge is -2.21. The van der Waals surface area contributed by atoms with Gasteiger partial charge in [-0.15, -0.1) is 0 Å². The van der Waals surface area contributed by atoms with Crippen molar-refractivity contribution in [3.05, 3.63) is 53.2 Å². The van der Waals surface area contributed by atoms with Gasteiger partial charge in [0.2, 0.25) is 6.41 Å². The van der Waals surface area contributed by atoms with E-state index >= 15 is 0 Å². The van der Waals surface area contributed by atoms with Crippen molar-refractivity contribution < 1.29 is 19.1 Å². The number of imide groups is 1. The van der Waals surface area contributed by atoms with Crippen molar-refractivity contribution in [1.29, 1.82) is 0 Å². The van der Waals surface area contributed by atoms with E-state index in [2.05, 4.69) is 22.1 Å². The summed E-state index contributed by atoms with van der Waals surface area (Å²) in [6.45, 7) is 0.522. The summed E-state index contributed by atoms with van der Waals surface area (Å²) in [5.74, 6) is 6.57. The van der Waals surface area contributed by atoms with Crippen LogP contribution in [0.5, 0.6) is 5.75 Å². The van der Waals surface area contributed by atoms with Crippen LogP contribution >= 0.6 is 0 Å². The Hall–Kier alpha value is -4.06. The normalized spacial score (nSPS) is 13.0. The second kappa shape index (κ2) is 8.75. The minimum Gasteiger partial charge on any atom is -0.497 e. The molecule has 4 amide bonds. The molecule has 0 aliphatic carbocycles. The summed E-state index contributed by atoms with van der Waals surface area (Å²) in [6, 6.07) is 7.19. The van der Waals surface area contributed by atoms with Crippen LogP contribution in [0.1, 0.15) is 21.5 Å². The van der Waals surface area contributed by atoms with Gasteiger partial charge in [0.15, 0.2) is 0 Å². The minimum absolute atomic E-state index is 0.136. The molecule has 0 fully saturated rings. The topological polar surface area (TPSA) is 127 Å². The third-order valence-corrected chi connectivity index (χ3v) is 4.27. The Bertz CT molecular complexity index is 994. The predicted molar refractivity (Wildman–Crippen MR) is 105 cm³/mol. The highest BCUT2D eigenvalue weighted by atomic mass is 16.5. The zero-order valence-electron chi connectivity index (χ0n) is 15.6. The summed E-state index contributed by atoms with van der Waals surface area (Å²) < 4.78 is 5.17. The van der Waals surface area contributed by atoms with Gasteiger partial charge in [-0.3, -0.25) is 14.9 Å². The highest BCUT2D eigenvalue weighted by molar-refractivity contribution is 5.98. The number of nitrogens with one attached hydrogen (secondary N) is 2. The number of nitrogen functional groups attached to an aromatic ring is 1. The van der Waals surface area contributed by atoms with Crippen LogP contribution in [0.4, 0.5) is 10.6 Å². The van der Waals surface area contributed by atoms with Crippen LogP contribution in [0.25, 0.3) is 0 Å². The molecule has 1 aliphatic heterocycles. The van der Waals surface area contributed by atoms with E-state index in [0.29, 0.717) is 29.2 Å². The molecule has 0 spiro atoms. The number of aromatic nitrogens is 1. The molecule has 29 heavy (non-hydrogen) atoms. The third kappa shape index (κ3) is 4.81. The molecule has 2 aromatic rings. The minimum atomic E-state index is -0.715. The average molecular weight is 393 g/mol. The number of urea groups is 1. The molecule has 0 saturated carbocycles. The van der Waals surface area contributed by atoms with E-state index in [4.69, 9.17) is 10.5 Å². The lowest BCUT2D eigenvalue weighted by atomic mass is 10.1. The molecular formula is C20H19N5O4. The fourth-order valence-electron chi connectivity index (χ4n) is 2.87. The zero-order chi connectivity index (χ0) is 20.8. The molecule has 1 atom stereocenters. The maximum Gasteiger partial charge on any atom is 0.322 e. The van der Waals surface area contributed by atoms with Crippen LogP contribution < -0.4 is 21.1 Å². The number of nitrogens with two attached hydrogens (primary N) is 1. The Morgan fingerprint density at radius 3 is 2.93 bits per heavy atom. The van der Waals surface area contributed by atoms with Crippen molar-refractivity contribution in [2.75, 3.05) is 19.4 Å². The van der Waals surface area contributed by atoms with Crippen molar-refractivity contribution in [1.82, 2.24) is 20.5 Å². The fraction of sp³-hybridized carbons (Fsp3) is 0.200. The zero-order valence-corrected chi connectivity index (χ0v) is 15.6. The van der Waals surface area contributed by atoms with Crippen molar-refractivity contribution in [3.8, 4) is 17.6 Å². The van der Waals surface area contributed by atoms with Gasteiger partial charge in [0.1, 0.15) is 17.6 Å². The van der Waals surface area contributed by atoms with Gasteiger partial charge < -0.3 is 20.7 Å². The van der Waals surface area contributed by atoms with E-state index in [1.807, 2.05) is 11.4 Å². The Labute approximate surface area is 167 Å². The van der Waals surface area contributed by atoms with Gasteiger partial charge in [-0.1, -0.05) is 17.9 Å². The number of rotatable bonds is 5. The lowest BCUT2D eigenvalue weighted by molar-refractivity contribution is -0.108. The molecule has 1 aromatic heterocycles. The maximum atomic E-state index is 12.7. The third-order valence-electron chi connectivity index (χ3n) is 4.27. The molecule has 3 rings (SSSR count). The maximum absolute atomic E-state index is 12.7. The molecule has 0 unspecified atom stereocenters. The van der Waals surface area contributed by atoms with Gasteiger partial charge in [-0.25, -0.2) is 9.78 Å². The lowest BCUT2D eigenvalue weighted by Crippen LogP contribution is -2.46. The molecule has 4 N–H and O–H groups in total. The SMILES string of the molecule is COc1ccc2c(c1)C(=O)N(C[C@@H](C#Cc1ccc(N)nc1)NC(=O)NC=O)C2. The van der Waals surface area contributed by atoms with Gasteiger partial charge in [0.25, 0.3) is 5.91 Å². The molecule has 1 aliphatic rings.